The SMILES string of the molecule is c1ccc(-c2nc3ccc(-c4cc(-n5c6ccc7ccccc7c6c6c7ccccc7c(-c7ccccc7)cc65)c5ccccc5c4)cc3nc2-c2ccccc2)cc1. The third-order valence-electron chi connectivity index (χ3n) is 11.9. The quantitative estimate of drug-likeness (QED) is 0.175. The Morgan fingerprint density at radius 1 is 0.305 bits per heavy atom. The molecule has 0 saturated heterocycles. The van der Waals surface area contributed by atoms with E-state index in [1.807, 2.05) is 12.1 Å². The van der Waals surface area contributed by atoms with E-state index in [1.54, 1.807) is 0 Å². The predicted molar refractivity (Wildman–Crippen MR) is 248 cm³/mol. The molecule has 0 saturated carbocycles. The average Bonchev–Trinajstić information content (AvgIpc) is 3.66. The molecule has 0 radical (unpaired) electrons. The normalized spacial score (nSPS) is 11.7. The van der Waals surface area contributed by atoms with Gasteiger partial charge in [-0.25, -0.2) is 9.97 Å². The smallest absolute Gasteiger partial charge is 0.0973 e. The van der Waals surface area contributed by atoms with Crippen molar-refractivity contribution in [3.8, 4) is 50.5 Å². The lowest BCUT2D eigenvalue weighted by molar-refractivity contribution is 1.20. The number of hydrogen-bond acceptors (Lipinski definition) is 2. The summed E-state index contributed by atoms with van der Waals surface area (Å²) in [7, 11) is 0. The van der Waals surface area contributed by atoms with Crippen molar-refractivity contribution < 1.29 is 0 Å². The molecule has 3 heteroatoms. The van der Waals surface area contributed by atoms with Gasteiger partial charge in [0.05, 0.1) is 39.1 Å². The van der Waals surface area contributed by atoms with Gasteiger partial charge in [0.15, 0.2) is 0 Å². The minimum Gasteiger partial charge on any atom is -0.309 e. The summed E-state index contributed by atoms with van der Waals surface area (Å²) in [4.78, 5) is 10.6. The molecule has 0 aliphatic carbocycles. The molecular formula is C56H35N3. The number of hydrogen-bond donors (Lipinski definition) is 0. The van der Waals surface area contributed by atoms with Gasteiger partial charge in [0.2, 0.25) is 0 Å². The highest BCUT2D eigenvalue weighted by molar-refractivity contribution is 6.30. The van der Waals surface area contributed by atoms with Crippen LogP contribution < -0.4 is 0 Å². The molecule has 12 aromatic rings. The van der Waals surface area contributed by atoms with Crippen LogP contribution in [0.1, 0.15) is 0 Å². The fourth-order valence-electron chi connectivity index (χ4n) is 9.23. The second-order valence-corrected chi connectivity index (χ2v) is 15.3. The van der Waals surface area contributed by atoms with E-state index in [4.69, 9.17) is 9.97 Å². The second-order valence-electron chi connectivity index (χ2n) is 15.3. The van der Waals surface area contributed by atoms with Crippen molar-refractivity contribution in [3.63, 3.8) is 0 Å². The van der Waals surface area contributed by atoms with E-state index in [0.717, 1.165) is 50.4 Å². The second kappa shape index (κ2) is 13.4. The Morgan fingerprint density at radius 3 is 1.58 bits per heavy atom. The van der Waals surface area contributed by atoms with Crippen LogP contribution in [0.2, 0.25) is 0 Å². The monoisotopic (exact) mass is 749 g/mol. The van der Waals surface area contributed by atoms with E-state index < -0.39 is 0 Å². The molecule has 2 aromatic heterocycles. The fraction of sp³-hybridized carbons (Fsp3) is 0. The molecule has 0 N–H and O–H groups in total. The summed E-state index contributed by atoms with van der Waals surface area (Å²) in [5.41, 5.74) is 13.7. The van der Waals surface area contributed by atoms with Crippen molar-refractivity contribution >= 4 is 65.2 Å². The molecule has 0 unspecified atom stereocenters. The van der Waals surface area contributed by atoms with Gasteiger partial charge in [-0.15, -0.1) is 0 Å². The molecule has 59 heavy (non-hydrogen) atoms. The van der Waals surface area contributed by atoms with Crippen LogP contribution in [0.3, 0.4) is 0 Å². The average molecular weight is 750 g/mol. The lowest BCUT2D eigenvalue weighted by Crippen LogP contribution is -1.98. The first-order valence-electron chi connectivity index (χ1n) is 20.2. The van der Waals surface area contributed by atoms with Crippen LogP contribution in [0, 0.1) is 0 Å². The Labute approximate surface area is 341 Å². The van der Waals surface area contributed by atoms with Crippen LogP contribution in [0.5, 0.6) is 0 Å². The standard InChI is InChI=1S/C56H35N3/c1-4-16-36(17-5-1)47-35-52-54(46-27-15-14-26-45(46)47)53-44-25-13-10-18-37(44)29-31-50(53)59(52)51-34-42(32-41-23-11-12-24-43(41)51)40-28-30-48-49(33-40)58-56(39-21-8-3-9-22-39)55(57-48)38-19-6-2-7-20-38/h1-35H. The zero-order chi connectivity index (χ0) is 38.9. The number of rotatable bonds is 5. The summed E-state index contributed by atoms with van der Waals surface area (Å²) in [6.07, 6.45) is 0. The summed E-state index contributed by atoms with van der Waals surface area (Å²) < 4.78 is 2.52. The molecule has 0 fully saturated rings. The lowest BCUT2D eigenvalue weighted by atomic mass is 9.94. The summed E-state index contributed by atoms with van der Waals surface area (Å²) >= 11 is 0. The Balaban J connectivity index is 1.15. The molecule has 0 amide bonds. The number of aromatic nitrogens is 3. The largest absolute Gasteiger partial charge is 0.309 e. The summed E-state index contributed by atoms with van der Waals surface area (Å²) in [6, 6.07) is 76.3. The molecule has 0 spiro atoms. The molecule has 274 valence electrons. The summed E-state index contributed by atoms with van der Waals surface area (Å²) in [5.74, 6) is 0. The van der Waals surface area contributed by atoms with E-state index >= 15 is 0 Å². The molecule has 0 aliphatic rings. The summed E-state index contributed by atoms with van der Waals surface area (Å²) in [6.45, 7) is 0. The van der Waals surface area contributed by atoms with Gasteiger partial charge < -0.3 is 4.57 Å². The Bertz CT molecular complexity index is 3590. The highest BCUT2D eigenvalue weighted by Crippen LogP contribution is 2.45. The van der Waals surface area contributed by atoms with Gasteiger partial charge in [-0.3, -0.25) is 0 Å². The number of nitrogens with zero attached hydrogens (tertiary/aromatic N) is 3. The van der Waals surface area contributed by atoms with Crippen molar-refractivity contribution in [3.05, 3.63) is 212 Å². The van der Waals surface area contributed by atoms with Crippen molar-refractivity contribution in [2.24, 2.45) is 0 Å². The van der Waals surface area contributed by atoms with E-state index in [-0.39, 0.29) is 0 Å². The first-order valence-corrected chi connectivity index (χ1v) is 20.2. The predicted octanol–water partition coefficient (Wildman–Crippen LogP) is 14.9. The third-order valence-corrected chi connectivity index (χ3v) is 11.9. The van der Waals surface area contributed by atoms with Crippen LogP contribution in [0.15, 0.2) is 212 Å². The van der Waals surface area contributed by atoms with Crippen LogP contribution in [0.25, 0.3) is 116 Å². The van der Waals surface area contributed by atoms with E-state index in [2.05, 4.69) is 205 Å². The third kappa shape index (κ3) is 5.36. The highest BCUT2D eigenvalue weighted by atomic mass is 15.0. The Morgan fingerprint density at radius 2 is 0.864 bits per heavy atom. The van der Waals surface area contributed by atoms with Crippen molar-refractivity contribution in [2.45, 2.75) is 0 Å². The van der Waals surface area contributed by atoms with Gasteiger partial charge in [-0.2, -0.15) is 0 Å². The minimum atomic E-state index is 0.859. The van der Waals surface area contributed by atoms with Crippen molar-refractivity contribution in [2.75, 3.05) is 0 Å². The summed E-state index contributed by atoms with van der Waals surface area (Å²) in [5, 5.41) is 9.89. The highest BCUT2D eigenvalue weighted by Gasteiger charge is 2.22. The van der Waals surface area contributed by atoms with Gasteiger partial charge in [-0.05, 0) is 85.6 Å². The van der Waals surface area contributed by atoms with Gasteiger partial charge in [0.1, 0.15) is 0 Å². The molecule has 10 aromatic carbocycles. The van der Waals surface area contributed by atoms with Crippen LogP contribution in [-0.4, -0.2) is 14.5 Å². The maximum absolute atomic E-state index is 5.35. The molecule has 3 nitrogen and oxygen atoms in total. The minimum absolute atomic E-state index is 0.859. The number of fused-ring (bicyclic) bond motifs is 9. The van der Waals surface area contributed by atoms with Crippen LogP contribution in [0.4, 0.5) is 0 Å². The molecule has 12 rings (SSSR count). The first-order chi connectivity index (χ1) is 29.3. The van der Waals surface area contributed by atoms with E-state index in [0.29, 0.717) is 0 Å². The topological polar surface area (TPSA) is 30.7 Å². The first kappa shape index (κ1) is 33.3. The lowest BCUT2D eigenvalue weighted by Gasteiger charge is -2.16. The zero-order valence-electron chi connectivity index (χ0n) is 32.0. The fourth-order valence-corrected chi connectivity index (χ4v) is 9.23. The van der Waals surface area contributed by atoms with Crippen molar-refractivity contribution in [1.29, 1.82) is 0 Å². The van der Waals surface area contributed by atoms with Crippen LogP contribution in [-0.2, 0) is 0 Å². The van der Waals surface area contributed by atoms with Gasteiger partial charge in [0, 0.05) is 27.3 Å². The maximum atomic E-state index is 5.35. The Kier molecular flexibility index (Phi) is 7.54. The molecule has 2 heterocycles. The molecule has 0 aliphatic heterocycles. The molecule has 0 bridgehead atoms. The number of benzene rings is 10. The molecule has 0 atom stereocenters. The van der Waals surface area contributed by atoms with E-state index in [1.165, 1.54) is 65.3 Å². The Hall–Kier alpha value is -7.88. The zero-order valence-corrected chi connectivity index (χ0v) is 32.0. The van der Waals surface area contributed by atoms with Gasteiger partial charge in [0.25, 0.3) is 0 Å². The maximum Gasteiger partial charge on any atom is 0.0973 e. The van der Waals surface area contributed by atoms with Crippen LogP contribution >= 0.6 is 0 Å². The van der Waals surface area contributed by atoms with Gasteiger partial charge >= 0.3 is 0 Å². The van der Waals surface area contributed by atoms with E-state index in [9.17, 15) is 0 Å². The molecular weight excluding hydrogens is 715 g/mol. The van der Waals surface area contributed by atoms with Gasteiger partial charge in [-0.1, -0.05) is 176 Å². The van der Waals surface area contributed by atoms with Crippen molar-refractivity contribution in [1.82, 2.24) is 14.5 Å².